The molecule has 0 aliphatic heterocycles. The molecule has 1 heterocycles. The van der Waals surface area contributed by atoms with Crippen LogP contribution in [0.15, 0.2) is 0 Å². The van der Waals surface area contributed by atoms with Gasteiger partial charge in [0.05, 0.1) is 5.97 Å². The summed E-state index contributed by atoms with van der Waals surface area (Å²) in [5, 5.41) is 25.6. The summed E-state index contributed by atoms with van der Waals surface area (Å²) in [5.41, 5.74) is -1.16. The van der Waals surface area contributed by atoms with Crippen molar-refractivity contribution in [1.82, 2.24) is 10.2 Å². The van der Waals surface area contributed by atoms with Gasteiger partial charge in [-0.25, -0.2) is 4.79 Å². The normalized spacial score (nSPS) is 8.67. The summed E-state index contributed by atoms with van der Waals surface area (Å²) in [4.78, 5) is 20.3. The first-order valence-corrected chi connectivity index (χ1v) is 2.53. The van der Waals surface area contributed by atoms with E-state index in [4.69, 9.17) is 5.11 Å². The van der Waals surface area contributed by atoms with E-state index in [-0.39, 0.29) is 68.9 Å². The average molecular weight is 290 g/mol. The van der Waals surface area contributed by atoms with E-state index in [1.807, 2.05) is 10.3 Å². The Morgan fingerprint density at radius 3 is 2.50 bits per heavy atom. The molecule has 0 aromatic carbocycles. The van der Waals surface area contributed by atoms with Crippen LogP contribution in [-0.4, -0.2) is 27.2 Å². The molecule has 58 valence electrons. The van der Waals surface area contributed by atoms with Gasteiger partial charge in [0, 0.05) is 5.10 Å². The molecule has 1 aromatic heterocycles. The van der Waals surface area contributed by atoms with Gasteiger partial charge in [0.25, 0.3) is 0 Å². The van der Waals surface area contributed by atoms with Gasteiger partial charge < -0.3 is 15.0 Å². The Kier molecular flexibility index (Phi) is 5.05. The minimum atomic E-state index is -1.64. The molecule has 7 nitrogen and oxygen atoms in total. The summed E-state index contributed by atoms with van der Waals surface area (Å²) >= 11 is 0. The standard InChI is InChI=1S/C4H3N3O4.Cs/c8-3(9)1-2(4(10)11)6-7-5-1;/h(H,8,9)(H,10,11)(H,5,6,7);/q;+1. The first-order valence-electron chi connectivity index (χ1n) is 2.53. The van der Waals surface area contributed by atoms with E-state index in [9.17, 15) is 14.7 Å². The van der Waals surface area contributed by atoms with E-state index in [2.05, 4.69) is 5.10 Å². The molecule has 1 aromatic rings. The predicted molar refractivity (Wildman–Crippen MR) is 26.4 cm³/mol. The summed E-state index contributed by atoms with van der Waals surface area (Å²) in [6, 6.07) is 0. The van der Waals surface area contributed by atoms with Crippen molar-refractivity contribution >= 4 is 11.9 Å². The minimum Gasteiger partial charge on any atom is -0.543 e. The van der Waals surface area contributed by atoms with Gasteiger partial charge in [-0.1, -0.05) is 0 Å². The van der Waals surface area contributed by atoms with Crippen molar-refractivity contribution in [2.24, 2.45) is 0 Å². The Hall–Kier alpha value is 0.132. The number of rotatable bonds is 2. The maximum absolute atomic E-state index is 10.2. The third kappa shape index (κ3) is 2.57. The summed E-state index contributed by atoms with van der Waals surface area (Å²) in [7, 11) is 0. The van der Waals surface area contributed by atoms with E-state index in [0.717, 1.165) is 0 Å². The van der Waals surface area contributed by atoms with Gasteiger partial charge in [-0.3, -0.25) is 0 Å². The van der Waals surface area contributed by atoms with Gasteiger partial charge in [-0.05, 0) is 5.21 Å². The largest absolute Gasteiger partial charge is 1.00 e. The zero-order valence-corrected chi connectivity index (χ0v) is 12.4. The predicted octanol–water partition coefficient (Wildman–Crippen LogP) is -5.71. The number of aromatic nitrogens is 3. The third-order valence-corrected chi connectivity index (χ3v) is 0.993. The van der Waals surface area contributed by atoms with Crippen LogP contribution in [0.2, 0.25) is 0 Å². The third-order valence-electron chi connectivity index (χ3n) is 0.993. The number of carboxylic acids is 2. The molecule has 1 rings (SSSR count). The van der Waals surface area contributed by atoms with Crippen LogP contribution in [0.5, 0.6) is 0 Å². The van der Waals surface area contributed by atoms with Crippen molar-refractivity contribution in [3.05, 3.63) is 11.4 Å². The van der Waals surface area contributed by atoms with Crippen molar-refractivity contribution < 1.29 is 93.9 Å². The summed E-state index contributed by atoms with van der Waals surface area (Å²) in [5.74, 6) is -3.04. The summed E-state index contributed by atoms with van der Waals surface area (Å²) < 4.78 is 0. The zero-order chi connectivity index (χ0) is 8.43. The number of aromatic amines is 2. The van der Waals surface area contributed by atoms with Crippen LogP contribution in [0.4, 0.5) is 0 Å². The molecule has 0 fully saturated rings. The number of carboxylic acid groups (broad SMARTS) is 2. The van der Waals surface area contributed by atoms with Gasteiger partial charge in [0.15, 0.2) is 5.69 Å². The summed E-state index contributed by atoms with van der Waals surface area (Å²) in [6.07, 6.45) is 0. The Morgan fingerprint density at radius 2 is 2.17 bits per heavy atom. The topological polar surface area (TPSA) is 120 Å². The molecular formula is C4H3CsN3O4+. The number of aromatic carboxylic acids is 2. The number of nitrogens with zero attached hydrogens (tertiary/aromatic N) is 1. The van der Waals surface area contributed by atoms with Crippen LogP contribution < -0.4 is 79.2 Å². The SMILES string of the molecule is O=C([O-])c1n[nH+][nH]c1C(=O)O.[Cs+]. The number of H-pyrrole nitrogens is 2. The van der Waals surface area contributed by atoms with Crippen LogP contribution in [0.1, 0.15) is 21.0 Å². The average Bonchev–Trinajstić information content (AvgIpc) is 2.32. The number of hydrogen-bond acceptors (Lipinski definition) is 4. The zero-order valence-electron chi connectivity index (χ0n) is 6.12. The van der Waals surface area contributed by atoms with E-state index >= 15 is 0 Å². The number of hydrogen-bond donors (Lipinski definition) is 2. The fourth-order valence-electron chi connectivity index (χ4n) is 0.557. The molecule has 0 atom stereocenters. The van der Waals surface area contributed by atoms with Crippen molar-refractivity contribution in [2.45, 2.75) is 0 Å². The Balaban J connectivity index is 0.00000121. The van der Waals surface area contributed by atoms with Crippen LogP contribution >= 0.6 is 0 Å². The van der Waals surface area contributed by atoms with Crippen molar-refractivity contribution in [1.29, 1.82) is 0 Å². The Bertz CT molecular complexity index is 281. The van der Waals surface area contributed by atoms with Gasteiger partial charge >= 0.3 is 74.9 Å². The first-order chi connectivity index (χ1) is 5.13. The second kappa shape index (κ2) is 4.99. The van der Waals surface area contributed by atoms with Crippen LogP contribution in [0.3, 0.4) is 0 Å². The van der Waals surface area contributed by atoms with Gasteiger partial charge in [0.2, 0.25) is 5.69 Å². The maximum atomic E-state index is 10.2. The number of carbonyl (C=O) groups is 2. The molecule has 3 N–H and O–H groups in total. The molecule has 12 heavy (non-hydrogen) atoms. The van der Waals surface area contributed by atoms with Crippen molar-refractivity contribution in [2.75, 3.05) is 0 Å². The Labute approximate surface area is 125 Å². The summed E-state index contributed by atoms with van der Waals surface area (Å²) in [6.45, 7) is 0. The fraction of sp³-hybridized carbons (Fsp3) is 0. The van der Waals surface area contributed by atoms with Crippen LogP contribution in [0, 0.1) is 0 Å². The molecule has 0 aliphatic carbocycles. The number of carbonyl (C=O) groups excluding carboxylic acids is 1. The molecule has 0 amide bonds. The molecule has 0 aliphatic rings. The molecule has 0 radical (unpaired) electrons. The van der Waals surface area contributed by atoms with E-state index in [1.165, 1.54) is 0 Å². The van der Waals surface area contributed by atoms with Gasteiger partial charge in [-0.15, -0.1) is 5.10 Å². The maximum Gasteiger partial charge on any atom is 1.00 e. The fourth-order valence-corrected chi connectivity index (χ4v) is 0.557. The first kappa shape index (κ1) is 12.1. The van der Waals surface area contributed by atoms with E-state index in [0.29, 0.717) is 0 Å². The molecular weight excluding hydrogens is 287 g/mol. The van der Waals surface area contributed by atoms with Gasteiger partial charge in [-0.2, -0.15) is 0 Å². The number of nitrogens with one attached hydrogen (secondary N) is 2. The second-order valence-electron chi connectivity index (χ2n) is 1.66. The van der Waals surface area contributed by atoms with Crippen LogP contribution in [0.25, 0.3) is 0 Å². The molecule has 0 saturated carbocycles. The molecule has 0 spiro atoms. The molecule has 0 saturated heterocycles. The van der Waals surface area contributed by atoms with E-state index < -0.39 is 23.3 Å². The Morgan fingerprint density at radius 1 is 1.58 bits per heavy atom. The van der Waals surface area contributed by atoms with Crippen molar-refractivity contribution in [3.8, 4) is 0 Å². The minimum absolute atomic E-state index is 0. The monoisotopic (exact) mass is 290 g/mol. The molecule has 0 bridgehead atoms. The van der Waals surface area contributed by atoms with Gasteiger partial charge in [0.1, 0.15) is 0 Å². The molecule has 8 heteroatoms. The second-order valence-corrected chi connectivity index (χ2v) is 1.66. The van der Waals surface area contributed by atoms with Crippen LogP contribution in [-0.2, 0) is 0 Å². The quantitative estimate of drug-likeness (QED) is 0.562. The molecule has 0 unspecified atom stereocenters. The van der Waals surface area contributed by atoms with Crippen molar-refractivity contribution in [3.63, 3.8) is 0 Å². The van der Waals surface area contributed by atoms with E-state index in [1.54, 1.807) is 0 Å². The smallest absolute Gasteiger partial charge is 0.543 e.